The largest absolute Gasteiger partial charge is 0.497 e. The second-order valence-corrected chi connectivity index (χ2v) is 9.73. The summed E-state index contributed by atoms with van der Waals surface area (Å²) in [7, 11) is 3.24. The van der Waals surface area contributed by atoms with Crippen LogP contribution < -0.4 is 25.4 Å². The average molecular weight is 537 g/mol. The van der Waals surface area contributed by atoms with E-state index in [0.717, 1.165) is 33.3 Å². The fourth-order valence-electron chi connectivity index (χ4n) is 3.23. The molecule has 3 N–H and O–H groups in total. The normalized spacial score (nSPS) is 10.4. The second kappa shape index (κ2) is 12.4. The highest BCUT2D eigenvalue weighted by molar-refractivity contribution is 8.00. The summed E-state index contributed by atoms with van der Waals surface area (Å²) < 4.78 is 10.5. The van der Waals surface area contributed by atoms with Crippen LogP contribution in [0.15, 0.2) is 83.1 Å². The molecule has 36 heavy (non-hydrogen) atoms. The Kier molecular flexibility index (Phi) is 8.77. The zero-order chi connectivity index (χ0) is 25.3. The molecule has 0 radical (unpaired) electrons. The Morgan fingerprint density at radius 3 is 2.56 bits per heavy atom. The van der Waals surface area contributed by atoms with Gasteiger partial charge in [0.1, 0.15) is 11.5 Å². The van der Waals surface area contributed by atoms with Crippen LogP contribution in [0.1, 0.15) is 0 Å². The van der Waals surface area contributed by atoms with Crippen molar-refractivity contribution in [2.45, 2.75) is 4.90 Å². The van der Waals surface area contributed by atoms with Crippen LogP contribution in [-0.2, 0) is 4.79 Å². The van der Waals surface area contributed by atoms with E-state index in [4.69, 9.17) is 21.7 Å². The van der Waals surface area contributed by atoms with E-state index in [9.17, 15) is 4.79 Å². The molecule has 0 saturated carbocycles. The molecule has 0 saturated heterocycles. The third-order valence-electron chi connectivity index (χ3n) is 4.95. The number of hydrogen-bond acceptors (Lipinski definition) is 7. The maximum Gasteiger partial charge on any atom is 0.236 e. The molecule has 4 aromatic rings. The lowest BCUT2D eigenvalue weighted by Gasteiger charge is -2.13. The fraction of sp³-hybridized carbons (Fsp3) is 0.115. The zero-order valence-corrected chi connectivity index (χ0v) is 22.1. The molecule has 3 aromatic carbocycles. The molecule has 0 spiro atoms. The number of amides is 1. The monoisotopic (exact) mass is 536 g/mol. The van der Waals surface area contributed by atoms with Crippen molar-refractivity contribution in [1.29, 1.82) is 0 Å². The Morgan fingerprint density at radius 1 is 0.972 bits per heavy atom. The van der Waals surface area contributed by atoms with Gasteiger partial charge in [-0.05, 0) is 66.8 Å². The highest BCUT2D eigenvalue weighted by Gasteiger charge is 2.10. The predicted octanol–water partition coefficient (Wildman–Crippen LogP) is 6.37. The molecule has 1 aromatic heterocycles. The third-order valence-corrected chi connectivity index (χ3v) is 6.91. The Labute approximate surface area is 223 Å². The summed E-state index contributed by atoms with van der Waals surface area (Å²) in [6, 6.07) is 22.9. The molecule has 1 heterocycles. The second-order valence-electron chi connectivity index (χ2n) is 7.41. The van der Waals surface area contributed by atoms with Gasteiger partial charge in [0.15, 0.2) is 10.2 Å². The molecule has 0 atom stereocenters. The standard InChI is InChI=1S/C26H24N4O3S3/c1-32-19-12-10-17(11-13-19)22-15-36-26(29-22)30-24(31)16-35-20-7-5-6-18(14-20)27-25(34)28-21-8-3-4-9-23(21)33-2/h3-15H,16H2,1-2H3,(H2,27,28,34)(H,29,30,31). The third kappa shape index (κ3) is 6.97. The number of methoxy groups -OCH3 is 2. The summed E-state index contributed by atoms with van der Waals surface area (Å²) in [5.74, 6) is 1.62. The van der Waals surface area contributed by atoms with Gasteiger partial charge in [-0.25, -0.2) is 4.98 Å². The number of para-hydroxylation sites is 2. The summed E-state index contributed by atoms with van der Waals surface area (Å²) >= 11 is 8.26. The molecule has 0 aliphatic heterocycles. The number of nitrogens with zero attached hydrogens (tertiary/aromatic N) is 1. The summed E-state index contributed by atoms with van der Waals surface area (Å²) in [5.41, 5.74) is 3.36. The van der Waals surface area contributed by atoms with Crippen LogP contribution in [0.25, 0.3) is 11.3 Å². The number of hydrogen-bond donors (Lipinski definition) is 3. The van der Waals surface area contributed by atoms with E-state index in [1.165, 1.54) is 23.1 Å². The van der Waals surface area contributed by atoms with Crippen molar-refractivity contribution in [3.8, 4) is 22.8 Å². The molecule has 0 aliphatic rings. The first-order valence-electron chi connectivity index (χ1n) is 10.9. The van der Waals surface area contributed by atoms with Crippen molar-refractivity contribution >= 4 is 62.8 Å². The maximum absolute atomic E-state index is 12.5. The molecule has 0 fully saturated rings. The average Bonchev–Trinajstić information content (AvgIpc) is 3.36. The molecule has 184 valence electrons. The summed E-state index contributed by atoms with van der Waals surface area (Å²) in [6.45, 7) is 0. The number of thiazole rings is 1. The minimum atomic E-state index is -0.123. The van der Waals surface area contributed by atoms with E-state index in [1.54, 1.807) is 14.2 Å². The molecule has 0 bridgehead atoms. The molecule has 0 unspecified atom stereocenters. The van der Waals surface area contributed by atoms with Crippen molar-refractivity contribution in [3.63, 3.8) is 0 Å². The van der Waals surface area contributed by atoms with Crippen molar-refractivity contribution < 1.29 is 14.3 Å². The number of anilines is 3. The summed E-state index contributed by atoms with van der Waals surface area (Å²) in [5, 5.41) is 12.1. The van der Waals surface area contributed by atoms with Gasteiger partial charge in [0.25, 0.3) is 0 Å². The fourth-order valence-corrected chi connectivity index (χ4v) is 4.94. The smallest absolute Gasteiger partial charge is 0.236 e. The molecule has 1 amide bonds. The van der Waals surface area contributed by atoms with Crippen LogP contribution >= 0.6 is 35.3 Å². The Balaban J connectivity index is 1.28. The lowest BCUT2D eigenvalue weighted by Crippen LogP contribution is -2.19. The highest BCUT2D eigenvalue weighted by atomic mass is 32.2. The lowest BCUT2D eigenvalue weighted by atomic mass is 10.2. The van der Waals surface area contributed by atoms with Crippen LogP contribution in [0.4, 0.5) is 16.5 Å². The first-order chi connectivity index (χ1) is 17.5. The van der Waals surface area contributed by atoms with E-state index < -0.39 is 0 Å². The van der Waals surface area contributed by atoms with Crippen molar-refractivity contribution in [2.75, 3.05) is 35.9 Å². The number of thioether (sulfide) groups is 1. The number of ether oxygens (including phenoxy) is 2. The molecule has 0 aliphatic carbocycles. The van der Waals surface area contributed by atoms with Gasteiger partial charge in [0, 0.05) is 21.5 Å². The zero-order valence-electron chi connectivity index (χ0n) is 19.6. The van der Waals surface area contributed by atoms with Gasteiger partial charge in [0.05, 0.1) is 31.4 Å². The number of carbonyl (C=O) groups is 1. The quantitative estimate of drug-likeness (QED) is 0.168. The Hall–Kier alpha value is -3.60. The number of carbonyl (C=O) groups excluding carboxylic acids is 1. The van der Waals surface area contributed by atoms with E-state index in [0.29, 0.717) is 16.0 Å². The van der Waals surface area contributed by atoms with E-state index in [-0.39, 0.29) is 11.7 Å². The van der Waals surface area contributed by atoms with Crippen LogP contribution in [0, 0.1) is 0 Å². The molecule has 7 nitrogen and oxygen atoms in total. The number of nitrogens with one attached hydrogen (secondary N) is 3. The van der Waals surface area contributed by atoms with Gasteiger partial charge in [-0.2, -0.15) is 0 Å². The van der Waals surface area contributed by atoms with Gasteiger partial charge < -0.3 is 25.4 Å². The number of benzene rings is 3. The van der Waals surface area contributed by atoms with Gasteiger partial charge in [-0.1, -0.05) is 18.2 Å². The van der Waals surface area contributed by atoms with E-state index in [2.05, 4.69) is 20.9 Å². The number of aromatic nitrogens is 1. The number of rotatable bonds is 9. The molecular weight excluding hydrogens is 513 g/mol. The van der Waals surface area contributed by atoms with Crippen LogP contribution in [-0.4, -0.2) is 36.0 Å². The van der Waals surface area contributed by atoms with Crippen LogP contribution in [0.3, 0.4) is 0 Å². The Morgan fingerprint density at radius 2 is 1.78 bits per heavy atom. The van der Waals surface area contributed by atoms with Gasteiger partial charge in [-0.15, -0.1) is 23.1 Å². The molecule has 10 heteroatoms. The van der Waals surface area contributed by atoms with Gasteiger partial charge in [0.2, 0.25) is 5.91 Å². The van der Waals surface area contributed by atoms with Crippen LogP contribution in [0.2, 0.25) is 0 Å². The summed E-state index contributed by atoms with van der Waals surface area (Å²) in [4.78, 5) is 18.0. The van der Waals surface area contributed by atoms with Crippen molar-refractivity contribution in [3.05, 3.63) is 78.2 Å². The molecule has 4 rings (SSSR count). The number of thiocarbonyl (C=S) groups is 1. The Bertz CT molecular complexity index is 1340. The molecular formula is C26H24N4O3S3. The SMILES string of the molecule is COc1ccc(-c2csc(NC(=O)CSc3cccc(NC(=S)Nc4ccccc4OC)c3)n2)cc1. The van der Waals surface area contributed by atoms with Crippen LogP contribution in [0.5, 0.6) is 11.5 Å². The first kappa shape index (κ1) is 25.5. The topological polar surface area (TPSA) is 84.5 Å². The minimum absolute atomic E-state index is 0.123. The first-order valence-corrected chi connectivity index (χ1v) is 13.1. The van der Waals surface area contributed by atoms with Crippen molar-refractivity contribution in [2.24, 2.45) is 0 Å². The van der Waals surface area contributed by atoms with E-state index >= 15 is 0 Å². The van der Waals surface area contributed by atoms with Gasteiger partial charge in [-0.3, -0.25) is 4.79 Å². The van der Waals surface area contributed by atoms with Crippen molar-refractivity contribution in [1.82, 2.24) is 4.98 Å². The van der Waals surface area contributed by atoms with E-state index in [1.807, 2.05) is 78.2 Å². The predicted molar refractivity (Wildman–Crippen MR) is 153 cm³/mol. The summed E-state index contributed by atoms with van der Waals surface area (Å²) in [6.07, 6.45) is 0. The maximum atomic E-state index is 12.5. The highest BCUT2D eigenvalue weighted by Crippen LogP contribution is 2.28. The lowest BCUT2D eigenvalue weighted by molar-refractivity contribution is -0.113. The van der Waals surface area contributed by atoms with Gasteiger partial charge >= 0.3 is 0 Å². The minimum Gasteiger partial charge on any atom is -0.497 e.